The number of hydrogen-bond donors (Lipinski definition) is 0. The highest BCUT2D eigenvalue weighted by Gasteiger charge is 2.26. The number of carbonyl (C=O) groups is 1. The first-order valence-electron chi connectivity index (χ1n) is 7.09. The van der Waals surface area contributed by atoms with Gasteiger partial charge in [-0.25, -0.2) is 9.79 Å². The molecule has 0 saturated carbocycles. The summed E-state index contributed by atoms with van der Waals surface area (Å²) in [6, 6.07) is 11.1. The molecule has 0 saturated heterocycles. The van der Waals surface area contributed by atoms with Gasteiger partial charge in [0.05, 0.1) is 12.0 Å². The molecule has 0 N–H and O–H groups in total. The fourth-order valence-electron chi connectivity index (χ4n) is 2.25. The van der Waals surface area contributed by atoms with Crippen LogP contribution in [-0.2, 0) is 9.53 Å². The average molecular weight is 359 g/mol. The van der Waals surface area contributed by atoms with Gasteiger partial charge in [-0.05, 0) is 35.9 Å². The van der Waals surface area contributed by atoms with Crippen molar-refractivity contribution in [1.29, 1.82) is 0 Å². The molecule has 0 aromatic heterocycles. The lowest BCUT2D eigenvalue weighted by Crippen LogP contribution is -2.06. The minimum absolute atomic E-state index is 0.0102. The summed E-state index contributed by atoms with van der Waals surface area (Å²) >= 11 is 5.91. The molecule has 0 fully saturated rings. The van der Waals surface area contributed by atoms with Crippen molar-refractivity contribution >= 4 is 35.2 Å². The van der Waals surface area contributed by atoms with E-state index in [1.54, 1.807) is 24.3 Å². The first-order valence-corrected chi connectivity index (χ1v) is 7.46. The van der Waals surface area contributed by atoms with Gasteiger partial charge in [-0.1, -0.05) is 23.7 Å². The molecule has 0 unspecified atom stereocenters. The van der Waals surface area contributed by atoms with Crippen LogP contribution in [0, 0.1) is 10.1 Å². The summed E-state index contributed by atoms with van der Waals surface area (Å²) in [6.45, 7) is 0. The van der Waals surface area contributed by atoms with Gasteiger partial charge in [0, 0.05) is 16.7 Å². The van der Waals surface area contributed by atoms with Crippen LogP contribution in [0.3, 0.4) is 0 Å². The Balaban J connectivity index is 1.98. The van der Waals surface area contributed by atoms with E-state index in [2.05, 4.69) is 4.99 Å². The molecular formula is C17H11ClN2O5. The number of nitrogens with zero attached hydrogens (tertiary/aromatic N) is 2. The van der Waals surface area contributed by atoms with E-state index in [0.29, 0.717) is 16.1 Å². The fourth-order valence-corrected chi connectivity index (χ4v) is 2.45. The van der Waals surface area contributed by atoms with Gasteiger partial charge in [0.25, 0.3) is 0 Å². The zero-order valence-corrected chi connectivity index (χ0v) is 13.7. The highest BCUT2D eigenvalue weighted by Crippen LogP contribution is 2.29. The van der Waals surface area contributed by atoms with Crippen LogP contribution < -0.4 is 4.74 Å². The monoisotopic (exact) mass is 358 g/mol. The smallest absolute Gasteiger partial charge is 0.363 e. The third kappa shape index (κ3) is 3.51. The van der Waals surface area contributed by atoms with Gasteiger partial charge < -0.3 is 9.47 Å². The van der Waals surface area contributed by atoms with Gasteiger partial charge in [-0.2, -0.15) is 0 Å². The van der Waals surface area contributed by atoms with Crippen LogP contribution in [0.2, 0.25) is 5.02 Å². The van der Waals surface area contributed by atoms with Crippen LogP contribution in [-0.4, -0.2) is 23.9 Å². The molecule has 0 atom stereocenters. The van der Waals surface area contributed by atoms with Crippen molar-refractivity contribution in [3.63, 3.8) is 0 Å². The maximum absolute atomic E-state index is 12.0. The molecule has 7 nitrogen and oxygen atoms in total. The van der Waals surface area contributed by atoms with Crippen LogP contribution in [0.1, 0.15) is 11.1 Å². The van der Waals surface area contributed by atoms with Gasteiger partial charge in [0.2, 0.25) is 5.90 Å². The summed E-state index contributed by atoms with van der Waals surface area (Å²) in [5.74, 6) is -0.550. The number of cyclic esters (lactones) is 1. The van der Waals surface area contributed by atoms with Gasteiger partial charge >= 0.3 is 11.7 Å². The van der Waals surface area contributed by atoms with Crippen LogP contribution >= 0.6 is 11.6 Å². The Hall–Kier alpha value is -3.19. The van der Waals surface area contributed by atoms with E-state index in [9.17, 15) is 14.9 Å². The Labute approximate surface area is 147 Å². The predicted octanol–water partition coefficient (Wildman–Crippen LogP) is 3.60. The number of hydrogen-bond acceptors (Lipinski definition) is 6. The van der Waals surface area contributed by atoms with E-state index >= 15 is 0 Å². The summed E-state index contributed by atoms with van der Waals surface area (Å²) in [5.41, 5.74) is 0.822. The Morgan fingerprint density at radius 3 is 2.76 bits per heavy atom. The largest absolute Gasteiger partial charge is 0.490 e. The highest BCUT2D eigenvalue weighted by atomic mass is 35.5. The average Bonchev–Trinajstić information content (AvgIpc) is 2.95. The molecule has 1 heterocycles. The Bertz CT molecular complexity index is 936. The number of halogens is 1. The zero-order chi connectivity index (χ0) is 18.0. The third-order valence-corrected chi connectivity index (χ3v) is 3.63. The number of nitro groups is 1. The maximum atomic E-state index is 12.0. The number of ether oxygens (including phenoxy) is 2. The van der Waals surface area contributed by atoms with Crippen molar-refractivity contribution in [2.45, 2.75) is 0 Å². The lowest BCUT2D eigenvalue weighted by Gasteiger charge is -2.03. The van der Waals surface area contributed by atoms with E-state index < -0.39 is 10.9 Å². The van der Waals surface area contributed by atoms with Crippen LogP contribution in [0.4, 0.5) is 5.69 Å². The van der Waals surface area contributed by atoms with E-state index in [-0.39, 0.29) is 23.0 Å². The van der Waals surface area contributed by atoms with E-state index in [0.717, 1.165) is 0 Å². The molecule has 0 aliphatic carbocycles. The molecule has 0 spiro atoms. The predicted molar refractivity (Wildman–Crippen MR) is 91.7 cm³/mol. The number of methoxy groups -OCH3 is 1. The topological polar surface area (TPSA) is 91.0 Å². The molecule has 1 aliphatic rings. The van der Waals surface area contributed by atoms with Gasteiger partial charge in [-0.15, -0.1) is 0 Å². The quantitative estimate of drug-likeness (QED) is 0.360. The second kappa shape index (κ2) is 6.74. The Morgan fingerprint density at radius 2 is 2.08 bits per heavy atom. The number of rotatable bonds is 4. The number of aliphatic imine (C=N–C) groups is 1. The third-order valence-electron chi connectivity index (χ3n) is 3.40. The molecule has 0 bridgehead atoms. The van der Waals surface area contributed by atoms with Crippen molar-refractivity contribution in [3.8, 4) is 5.75 Å². The molecule has 2 aromatic carbocycles. The van der Waals surface area contributed by atoms with E-state index in [1.807, 2.05) is 0 Å². The molecule has 25 heavy (non-hydrogen) atoms. The summed E-state index contributed by atoms with van der Waals surface area (Å²) < 4.78 is 10.1. The lowest BCUT2D eigenvalue weighted by atomic mass is 10.2. The second-order valence-electron chi connectivity index (χ2n) is 5.03. The minimum atomic E-state index is -0.645. The second-order valence-corrected chi connectivity index (χ2v) is 5.47. The molecule has 8 heteroatoms. The van der Waals surface area contributed by atoms with Crippen molar-refractivity contribution in [2.24, 2.45) is 4.99 Å². The lowest BCUT2D eigenvalue weighted by molar-refractivity contribution is -0.385. The zero-order valence-electron chi connectivity index (χ0n) is 12.9. The molecule has 1 aliphatic heterocycles. The SMILES string of the molecule is COc1ccc(C2=N/C(=C/c3cccc(Cl)c3)C(=O)O2)cc1[N+](=O)[O-]. The molecule has 0 amide bonds. The van der Waals surface area contributed by atoms with Crippen LogP contribution in [0.15, 0.2) is 53.2 Å². The number of nitro benzene ring substituents is 1. The molecular weight excluding hydrogens is 348 g/mol. The first kappa shape index (κ1) is 16.7. The Kier molecular flexibility index (Phi) is 4.49. The minimum Gasteiger partial charge on any atom is -0.490 e. The summed E-state index contributed by atoms with van der Waals surface area (Å²) in [7, 11) is 1.33. The summed E-state index contributed by atoms with van der Waals surface area (Å²) in [5, 5.41) is 11.6. The fraction of sp³-hybridized carbons (Fsp3) is 0.0588. The van der Waals surface area contributed by atoms with Gasteiger partial charge in [-0.3, -0.25) is 10.1 Å². The van der Waals surface area contributed by atoms with Crippen molar-refractivity contribution in [3.05, 3.63) is 74.4 Å². The standard InChI is InChI=1S/C17H11ClN2O5/c1-24-15-6-5-11(9-14(15)20(22)23)16-19-13(17(21)25-16)8-10-3-2-4-12(18)7-10/h2-9H,1H3/b13-8+. The molecule has 126 valence electrons. The summed E-state index contributed by atoms with van der Waals surface area (Å²) in [6.07, 6.45) is 1.53. The normalized spacial score (nSPS) is 15.0. The number of benzene rings is 2. The van der Waals surface area contributed by atoms with E-state index in [1.165, 1.54) is 31.4 Å². The van der Waals surface area contributed by atoms with Crippen LogP contribution in [0.25, 0.3) is 6.08 Å². The Morgan fingerprint density at radius 1 is 1.28 bits per heavy atom. The molecule has 2 aromatic rings. The highest BCUT2D eigenvalue weighted by molar-refractivity contribution is 6.30. The first-order chi connectivity index (χ1) is 12.0. The van der Waals surface area contributed by atoms with Crippen LogP contribution in [0.5, 0.6) is 5.75 Å². The maximum Gasteiger partial charge on any atom is 0.363 e. The number of esters is 1. The number of carbonyl (C=O) groups excluding carboxylic acids is 1. The van der Waals surface area contributed by atoms with Crippen molar-refractivity contribution in [2.75, 3.05) is 7.11 Å². The van der Waals surface area contributed by atoms with Gasteiger partial charge in [0.1, 0.15) is 0 Å². The van der Waals surface area contributed by atoms with Crippen molar-refractivity contribution < 1.29 is 19.2 Å². The van der Waals surface area contributed by atoms with Gasteiger partial charge in [0.15, 0.2) is 11.4 Å². The molecule has 3 rings (SSSR count). The van der Waals surface area contributed by atoms with Crippen molar-refractivity contribution in [1.82, 2.24) is 0 Å². The molecule has 0 radical (unpaired) electrons. The summed E-state index contributed by atoms with van der Waals surface area (Å²) in [4.78, 5) is 26.6. The van der Waals surface area contributed by atoms with E-state index in [4.69, 9.17) is 21.1 Å².